The molecule has 0 radical (unpaired) electrons. The molecule has 44 heavy (non-hydrogen) atoms. The van der Waals surface area contributed by atoms with Crippen LogP contribution in [0.1, 0.15) is 16.7 Å². The Hall–Kier alpha value is -6.61. The minimum absolute atomic E-state index is 0.507. The van der Waals surface area contributed by atoms with Crippen LogP contribution in [0, 0.1) is 34.0 Å². The van der Waals surface area contributed by atoms with Crippen molar-refractivity contribution in [2.24, 2.45) is 0 Å². The van der Waals surface area contributed by atoms with Crippen LogP contribution in [-0.2, 0) is 0 Å². The molecule has 0 spiro atoms. The fourth-order valence-corrected chi connectivity index (χ4v) is 6.55. The second-order valence-corrected chi connectivity index (χ2v) is 10.8. The van der Waals surface area contributed by atoms with Gasteiger partial charge in [-0.2, -0.15) is 15.8 Å². The molecule has 8 aromatic rings. The Morgan fingerprint density at radius 1 is 0.432 bits per heavy atom. The van der Waals surface area contributed by atoms with Crippen molar-refractivity contribution < 1.29 is 0 Å². The van der Waals surface area contributed by atoms with Crippen LogP contribution in [-0.4, -0.2) is 9.13 Å². The van der Waals surface area contributed by atoms with Gasteiger partial charge in [0.2, 0.25) is 0 Å². The normalized spacial score (nSPS) is 11.1. The number of para-hydroxylation sites is 4. The second kappa shape index (κ2) is 9.74. The number of rotatable bonds is 3. The summed E-state index contributed by atoms with van der Waals surface area (Å²) in [5.41, 5.74) is 8.85. The van der Waals surface area contributed by atoms with Gasteiger partial charge in [0, 0.05) is 32.8 Å². The van der Waals surface area contributed by atoms with E-state index in [2.05, 4.69) is 69.8 Å². The first-order chi connectivity index (χ1) is 21.7. The third kappa shape index (κ3) is 3.63. The van der Waals surface area contributed by atoms with E-state index in [1.165, 1.54) is 0 Å². The number of aromatic nitrogens is 2. The molecule has 2 aromatic heterocycles. The smallest absolute Gasteiger partial charge is 0.101 e. The van der Waals surface area contributed by atoms with Crippen LogP contribution in [0.4, 0.5) is 0 Å². The predicted molar refractivity (Wildman–Crippen MR) is 175 cm³/mol. The van der Waals surface area contributed by atoms with Gasteiger partial charge in [-0.05, 0) is 66.2 Å². The monoisotopic (exact) mass is 559 g/mol. The van der Waals surface area contributed by atoms with Crippen molar-refractivity contribution in [1.29, 1.82) is 15.8 Å². The van der Waals surface area contributed by atoms with E-state index in [9.17, 15) is 15.8 Å². The number of nitriles is 3. The van der Waals surface area contributed by atoms with Crippen molar-refractivity contribution in [2.75, 3.05) is 0 Å². The predicted octanol–water partition coefficient (Wildman–Crippen LogP) is 9.16. The number of fused-ring (bicyclic) bond motifs is 6. The van der Waals surface area contributed by atoms with Crippen LogP contribution in [0.3, 0.4) is 0 Å². The molecule has 202 valence electrons. The summed E-state index contributed by atoms with van der Waals surface area (Å²) in [6, 6.07) is 49.0. The SMILES string of the molecule is N#Cc1cc(-c2cccc(C#N)c2-n2c3ccccc3c3ccccc32)cc(-n2c3ccccc3c3cc(C#N)ccc32)c1. The molecule has 5 heteroatoms. The number of hydrogen-bond acceptors (Lipinski definition) is 3. The standard InChI is InChI=1S/C39H21N5/c40-22-25-16-17-38-34(20-25)33-11-3-4-13-35(33)43(38)29-19-26(23-41)18-28(21-29)30-12-7-8-27(24-42)39(30)44-36-14-5-1-9-31(36)32-10-2-6-15-37(32)44/h1-21H. The molecule has 2 heterocycles. The Morgan fingerprint density at radius 2 is 1.02 bits per heavy atom. The lowest BCUT2D eigenvalue weighted by atomic mass is 9.97. The van der Waals surface area contributed by atoms with E-state index in [0.29, 0.717) is 16.7 Å². The molecule has 0 bridgehead atoms. The zero-order valence-electron chi connectivity index (χ0n) is 23.4. The molecular weight excluding hydrogens is 538 g/mol. The molecule has 0 aliphatic heterocycles. The molecule has 0 amide bonds. The van der Waals surface area contributed by atoms with Crippen molar-refractivity contribution in [3.8, 4) is 40.7 Å². The van der Waals surface area contributed by atoms with Crippen molar-refractivity contribution in [3.05, 3.63) is 144 Å². The minimum atomic E-state index is 0.507. The maximum Gasteiger partial charge on any atom is 0.101 e. The van der Waals surface area contributed by atoms with Crippen LogP contribution < -0.4 is 0 Å². The summed E-state index contributed by atoms with van der Waals surface area (Å²) in [5, 5.41) is 34.4. The first kappa shape index (κ1) is 25.1. The van der Waals surface area contributed by atoms with Gasteiger partial charge in [0.1, 0.15) is 6.07 Å². The van der Waals surface area contributed by atoms with E-state index in [0.717, 1.165) is 66.1 Å². The highest BCUT2D eigenvalue weighted by Crippen LogP contribution is 2.39. The first-order valence-corrected chi connectivity index (χ1v) is 14.2. The minimum Gasteiger partial charge on any atom is -0.309 e. The highest BCUT2D eigenvalue weighted by atomic mass is 15.0. The van der Waals surface area contributed by atoms with E-state index >= 15 is 0 Å². The lowest BCUT2D eigenvalue weighted by Gasteiger charge is -2.17. The van der Waals surface area contributed by atoms with Gasteiger partial charge in [-0.3, -0.25) is 0 Å². The molecule has 0 saturated carbocycles. The summed E-state index contributed by atoms with van der Waals surface area (Å²) in [6.07, 6.45) is 0. The second-order valence-electron chi connectivity index (χ2n) is 10.8. The summed E-state index contributed by atoms with van der Waals surface area (Å²) >= 11 is 0. The van der Waals surface area contributed by atoms with Crippen molar-refractivity contribution in [1.82, 2.24) is 9.13 Å². The fraction of sp³-hybridized carbons (Fsp3) is 0. The van der Waals surface area contributed by atoms with E-state index < -0.39 is 0 Å². The number of benzene rings is 6. The molecule has 0 unspecified atom stereocenters. The Bertz CT molecular complexity index is 2540. The average Bonchev–Trinajstić information content (AvgIpc) is 3.60. The van der Waals surface area contributed by atoms with Crippen LogP contribution in [0.15, 0.2) is 127 Å². The van der Waals surface area contributed by atoms with Crippen molar-refractivity contribution >= 4 is 43.6 Å². The summed E-state index contributed by atoms with van der Waals surface area (Å²) in [7, 11) is 0. The Balaban J connectivity index is 1.46. The summed E-state index contributed by atoms with van der Waals surface area (Å²) in [6.45, 7) is 0. The highest BCUT2D eigenvalue weighted by molar-refractivity contribution is 6.11. The number of hydrogen-bond donors (Lipinski definition) is 0. The van der Waals surface area contributed by atoms with Crippen LogP contribution in [0.2, 0.25) is 0 Å². The third-order valence-electron chi connectivity index (χ3n) is 8.38. The molecule has 0 aliphatic rings. The van der Waals surface area contributed by atoms with Gasteiger partial charge in [-0.15, -0.1) is 0 Å². The molecule has 0 atom stereocenters. The summed E-state index contributed by atoms with van der Waals surface area (Å²) in [4.78, 5) is 0. The molecule has 0 fully saturated rings. The van der Waals surface area contributed by atoms with Gasteiger partial charge in [0.15, 0.2) is 0 Å². The Labute approximate surface area is 252 Å². The highest BCUT2D eigenvalue weighted by Gasteiger charge is 2.20. The molecule has 5 nitrogen and oxygen atoms in total. The maximum atomic E-state index is 10.4. The molecule has 8 rings (SSSR count). The van der Waals surface area contributed by atoms with Crippen LogP contribution in [0.5, 0.6) is 0 Å². The van der Waals surface area contributed by atoms with Crippen LogP contribution >= 0.6 is 0 Å². The largest absolute Gasteiger partial charge is 0.309 e. The third-order valence-corrected chi connectivity index (χ3v) is 8.38. The Morgan fingerprint density at radius 3 is 1.66 bits per heavy atom. The lowest BCUT2D eigenvalue weighted by molar-refractivity contribution is 1.16. The average molecular weight is 560 g/mol. The molecule has 0 aliphatic carbocycles. The molecule has 6 aromatic carbocycles. The molecule has 0 N–H and O–H groups in total. The van der Waals surface area contributed by atoms with Crippen LogP contribution in [0.25, 0.3) is 66.1 Å². The van der Waals surface area contributed by atoms with E-state index in [4.69, 9.17) is 0 Å². The van der Waals surface area contributed by atoms with Gasteiger partial charge in [-0.1, -0.05) is 66.7 Å². The van der Waals surface area contributed by atoms with Gasteiger partial charge in [-0.25, -0.2) is 0 Å². The zero-order valence-corrected chi connectivity index (χ0v) is 23.4. The fourth-order valence-electron chi connectivity index (χ4n) is 6.55. The van der Waals surface area contributed by atoms with Crippen molar-refractivity contribution in [3.63, 3.8) is 0 Å². The first-order valence-electron chi connectivity index (χ1n) is 14.2. The van der Waals surface area contributed by atoms with Gasteiger partial charge in [0.25, 0.3) is 0 Å². The van der Waals surface area contributed by atoms with Crippen molar-refractivity contribution in [2.45, 2.75) is 0 Å². The summed E-state index contributed by atoms with van der Waals surface area (Å²) < 4.78 is 4.31. The topological polar surface area (TPSA) is 81.2 Å². The van der Waals surface area contributed by atoms with E-state index in [1.807, 2.05) is 84.9 Å². The quantitative estimate of drug-likeness (QED) is 0.216. The molecule has 0 saturated heterocycles. The lowest BCUT2D eigenvalue weighted by Crippen LogP contribution is -2.02. The van der Waals surface area contributed by atoms with Gasteiger partial charge >= 0.3 is 0 Å². The Kier molecular flexibility index (Phi) is 5.56. The van der Waals surface area contributed by atoms with Gasteiger partial charge in [0.05, 0.1) is 56.6 Å². The molecular formula is C39H21N5. The van der Waals surface area contributed by atoms with Gasteiger partial charge < -0.3 is 9.13 Å². The number of nitrogens with zero attached hydrogens (tertiary/aromatic N) is 5. The maximum absolute atomic E-state index is 10.4. The zero-order chi connectivity index (χ0) is 29.8. The summed E-state index contributed by atoms with van der Waals surface area (Å²) in [5.74, 6) is 0. The van der Waals surface area contributed by atoms with E-state index in [-0.39, 0.29) is 0 Å². The van der Waals surface area contributed by atoms with E-state index in [1.54, 1.807) is 0 Å².